The normalized spacial score (nSPS) is 13.3. The molecule has 1 atom stereocenters. The summed E-state index contributed by atoms with van der Waals surface area (Å²) >= 11 is 8.02. The topological polar surface area (TPSA) is 70.7 Å². The molecule has 8 heteroatoms. The summed E-state index contributed by atoms with van der Waals surface area (Å²) in [6.45, 7) is 5.54. The second kappa shape index (κ2) is 7.92. The minimum Gasteiger partial charge on any atom is -0.337 e. The molecule has 0 aliphatic heterocycles. The fraction of sp³-hybridized carbons (Fsp3) is 0.375. The molecule has 1 N–H and O–H groups in total. The number of hydrogen-bond acceptors (Lipinski definition) is 6. The van der Waals surface area contributed by atoms with E-state index in [0.717, 1.165) is 10.0 Å². The van der Waals surface area contributed by atoms with Crippen LogP contribution >= 0.6 is 35.3 Å². The highest BCUT2D eigenvalue weighted by Crippen LogP contribution is 2.24. The van der Waals surface area contributed by atoms with Crippen LogP contribution in [0.25, 0.3) is 5.69 Å². The van der Waals surface area contributed by atoms with E-state index < -0.39 is 5.54 Å². The van der Waals surface area contributed by atoms with Crippen molar-refractivity contribution < 1.29 is 4.79 Å². The molecule has 0 saturated carbocycles. The van der Waals surface area contributed by atoms with Gasteiger partial charge in [0.15, 0.2) is 8.29 Å². The minimum atomic E-state index is -0.867. The van der Waals surface area contributed by atoms with Crippen molar-refractivity contribution in [2.24, 2.45) is 5.92 Å². The van der Waals surface area contributed by atoms with Crippen LogP contribution in [0.1, 0.15) is 20.8 Å². The van der Waals surface area contributed by atoms with E-state index in [1.807, 2.05) is 44.2 Å². The summed E-state index contributed by atoms with van der Waals surface area (Å²) in [4.78, 5) is 12.1. The van der Waals surface area contributed by atoms with Gasteiger partial charge in [-0.25, -0.2) is 4.68 Å². The highest BCUT2D eigenvalue weighted by Gasteiger charge is 2.29. The monoisotopic (exact) mass is 378 g/mol. The molecular weight excluding hydrogens is 360 g/mol. The van der Waals surface area contributed by atoms with E-state index in [4.69, 9.17) is 12.2 Å². The molecule has 2 rings (SSSR count). The van der Waals surface area contributed by atoms with Crippen molar-refractivity contribution >= 4 is 41.2 Å². The van der Waals surface area contributed by atoms with Crippen LogP contribution < -0.4 is 5.32 Å². The van der Waals surface area contributed by atoms with E-state index in [2.05, 4.69) is 16.5 Å². The number of benzene rings is 1. The predicted octanol–water partition coefficient (Wildman–Crippen LogP) is 3.81. The average Bonchev–Trinajstić information content (AvgIpc) is 2.94. The van der Waals surface area contributed by atoms with E-state index in [9.17, 15) is 10.1 Å². The molecule has 1 aromatic carbocycles. The maximum Gasteiger partial charge on any atom is 0.231 e. The zero-order chi connectivity index (χ0) is 17.7. The van der Waals surface area contributed by atoms with Crippen molar-refractivity contribution in [1.82, 2.24) is 15.1 Å². The molecule has 1 amide bonds. The van der Waals surface area contributed by atoms with E-state index in [1.165, 1.54) is 23.1 Å². The third kappa shape index (κ3) is 4.44. The van der Waals surface area contributed by atoms with E-state index >= 15 is 0 Å². The molecule has 0 radical (unpaired) electrons. The number of aromatic nitrogens is 2. The molecule has 0 aliphatic rings. The first kappa shape index (κ1) is 18.6. The Kier molecular flexibility index (Phi) is 6.15. The lowest BCUT2D eigenvalue weighted by Crippen LogP contribution is -2.49. The van der Waals surface area contributed by atoms with Gasteiger partial charge in [-0.15, -0.1) is 5.10 Å². The number of thioether (sulfide) groups is 1. The Bertz CT molecular complexity index is 807. The van der Waals surface area contributed by atoms with Crippen LogP contribution in [-0.4, -0.2) is 27.0 Å². The molecule has 126 valence electrons. The first-order chi connectivity index (χ1) is 11.4. The standard InChI is InChI=1S/C16H18N4OS3/c1-11(2)16(3,10-17)18-13(21)9-23-14-19-20(15(22)24-14)12-7-5-4-6-8-12/h4-8,11H,9H2,1-3H3,(H,18,21)/t16-/m0/s1. The van der Waals surface area contributed by atoms with Gasteiger partial charge in [-0.1, -0.05) is 55.1 Å². The van der Waals surface area contributed by atoms with Crippen molar-refractivity contribution in [3.63, 3.8) is 0 Å². The lowest BCUT2D eigenvalue weighted by atomic mass is 9.90. The number of carbonyl (C=O) groups is 1. The van der Waals surface area contributed by atoms with Crippen molar-refractivity contribution in [3.8, 4) is 11.8 Å². The molecule has 24 heavy (non-hydrogen) atoms. The number of hydrogen-bond donors (Lipinski definition) is 1. The van der Waals surface area contributed by atoms with Gasteiger partial charge in [0, 0.05) is 0 Å². The van der Waals surface area contributed by atoms with E-state index in [1.54, 1.807) is 11.6 Å². The first-order valence-electron chi connectivity index (χ1n) is 7.36. The Morgan fingerprint density at radius 3 is 2.75 bits per heavy atom. The summed E-state index contributed by atoms with van der Waals surface area (Å²) < 4.78 is 3.05. The van der Waals surface area contributed by atoms with Gasteiger partial charge in [-0.2, -0.15) is 5.26 Å². The molecule has 1 heterocycles. The minimum absolute atomic E-state index is 0.0239. The Morgan fingerprint density at radius 1 is 1.50 bits per heavy atom. The molecule has 0 bridgehead atoms. The van der Waals surface area contributed by atoms with Crippen molar-refractivity contribution in [3.05, 3.63) is 34.3 Å². The molecule has 0 unspecified atom stereocenters. The van der Waals surface area contributed by atoms with Crippen LogP contribution in [0.5, 0.6) is 0 Å². The summed E-state index contributed by atoms with van der Waals surface area (Å²) in [5.74, 6) is 0.0297. The van der Waals surface area contributed by atoms with Crippen LogP contribution in [-0.2, 0) is 4.79 Å². The Balaban J connectivity index is 2.02. The molecule has 1 aromatic heterocycles. The Labute approximate surface area is 154 Å². The fourth-order valence-electron chi connectivity index (χ4n) is 1.81. The van der Waals surface area contributed by atoms with Gasteiger partial charge in [0.25, 0.3) is 0 Å². The third-order valence-corrected chi connectivity index (χ3v) is 6.01. The smallest absolute Gasteiger partial charge is 0.231 e. The van der Waals surface area contributed by atoms with Gasteiger partial charge < -0.3 is 5.32 Å². The van der Waals surface area contributed by atoms with Gasteiger partial charge in [0.2, 0.25) is 5.91 Å². The summed E-state index contributed by atoms with van der Waals surface area (Å²) in [5.41, 5.74) is 0.0279. The number of amides is 1. The van der Waals surface area contributed by atoms with Gasteiger partial charge in [0.1, 0.15) is 5.54 Å². The van der Waals surface area contributed by atoms with Crippen molar-refractivity contribution in [1.29, 1.82) is 5.26 Å². The first-order valence-corrected chi connectivity index (χ1v) is 9.57. The number of nitrogens with zero attached hydrogens (tertiary/aromatic N) is 3. The summed E-state index contributed by atoms with van der Waals surface area (Å²) in [6.07, 6.45) is 0. The number of nitriles is 1. The Morgan fingerprint density at radius 2 is 2.17 bits per heavy atom. The number of nitrogens with one attached hydrogen (secondary N) is 1. The second-order valence-electron chi connectivity index (χ2n) is 5.69. The van der Waals surface area contributed by atoms with E-state index in [0.29, 0.717) is 3.95 Å². The molecule has 0 saturated heterocycles. The second-order valence-corrected chi connectivity index (χ2v) is 8.53. The van der Waals surface area contributed by atoms with Gasteiger partial charge in [-0.05, 0) is 37.2 Å². The molecule has 0 aliphatic carbocycles. The Hall–Kier alpha value is -1.69. The number of rotatable bonds is 6. The lowest BCUT2D eigenvalue weighted by Gasteiger charge is -2.27. The predicted molar refractivity (Wildman–Crippen MR) is 100.0 cm³/mol. The third-order valence-electron chi connectivity index (χ3n) is 3.64. The molecule has 2 aromatic rings. The average molecular weight is 379 g/mol. The number of para-hydroxylation sites is 1. The summed E-state index contributed by atoms with van der Waals surface area (Å²) in [5, 5.41) is 16.5. The van der Waals surface area contributed by atoms with Crippen molar-refractivity contribution in [2.75, 3.05) is 5.75 Å². The maximum atomic E-state index is 12.1. The van der Waals surface area contributed by atoms with Crippen LogP contribution in [0.15, 0.2) is 34.7 Å². The van der Waals surface area contributed by atoms with E-state index in [-0.39, 0.29) is 17.6 Å². The molecule has 0 spiro atoms. The SMILES string of the molecule is CC(C)[C@](C)(C#N)NC(=O)CSc1nn(-c2ccccc2)c(=S)s1. The summed E-state index contributed by atoms with van der Waals surface area (Å²) in [7, 11) is 0. The van der Waals surface area contributed by atoms with Crippen LogP contribution in [0.2, 0.25) is 0 Å². The number of carbonyl (C=O) groups excluding carboxylic acids is 1. The largest absolute Gasteiger partial charge is 0.337 e. The van der Waals surface area contributed by atoms with Gasteiger partial charge >= 0.3 is 0 Å². The van der Waals surface area contributed by atoms with Crippen LogP contribution in [0.4, 0.5) is 0 Å². The molecule has 5 nitrogen and oxygen atoms in total. The van der Waals surface area contributed by atoms with Gasteiger partial charge in [0.05, 0.1) is 17.5 Å². The van der Waals surface area contributed by atoms with Crippen molar-refractivity contribution in [2.45, 2.75) is 30.6 Å². The van der Waals surface area contributed by atoms with Gasteiger partial charge in [-0.3, -0.25) is 4.79 Å². The maximum absolute atomic E-state index is 12.1. The highest BCUT2D eigenvalue weighted by molar-refractivity contribution is 8.01. The molecular formula is C16H18N4OS3. The zero-order valence-corrected chi connectivity index (χ0v) is 16.1. The highest BCUT2D eigenvalue weighted by atomic mass is 32.2. The fourth-order valence-corrected chi connectivity index (χ4v) is 3.97. The molecule has 0 fully saturated rings. The lowest BCUT2D eigenvalue weighted by molar-refractivity contribution is -0.120. The quantitative estimate of drug-likeness (QED) is 0.611. The zero-order valence-electron chi connectivity index (χ0n) is 13.6. The summed E-state index contributed by atoms with van der Waals surface area (Å²) in [6, 6.07) is 11.8. The van der Waals surface area contributed by atoms with Crippen LogP contribution in [0.3, 0.4) is 0 Å². The van der Waals surface area contributed by atoms with Crippen LogP contribution in [0, 0.1) is 21.2 Å².